The quantitative estimate of drug-likeness (QED) is 0.907. The summed E-state index contributed by atoms with van der Waals surface area (Å²) in [7, 11) is 5.12. The Hall–Kier alpha value is -0.450. The van der Waals surface area contributed by atoms with Crippen LogP contribution in [0.25, 0.3) is 0 Å². The summed E-state index contributed by atoms with van der Waals surface area (Å²) in [5.74, 6) is 1.37. The van der Waals surface area contributed by atoms with Gasteiger partial charge >= 0.3 is 0 Å². The van der Waals surface area contributed by atoms with Crippen LogP contribution in [0.4, 0.5) is 0 Å². The third kappa shape index (κ3) is 2.81. The van der Waals surface area contributed by atoms with Crippen molar-refractivity contribution in [2.75, 3.05) is 27.8 Å². The van der Waals surface area contributed by atoms with Gasteiger partial charge in [0.15, 0.2) is 11.5 Å². The van der Waals surface area contributed by atoms with Crippen LogP contribution in [0.3, 0.4) is 0 Å². The molecule has 0 spiro atoms. The molecule has 1 N–H and O–H groups in total. The maximum absolute atomic E-state index is 6.18. The van der Waals surface area contributed by atoms with Crippen LogP contribution in [0.5, 0.6) is 11.5 Å². The lowest BCUT2D eigenvalue weighted by atomic mass is 10.1. The van der Waals surface area contributed by atoms with Crippen LogP contribution in [0.1, 0.15) is 5.56 Å². The van der Waals surface area contributed by atoms with Crippen molar-refractivity contribution in [1.82, 2.24) is 5.32 Å². The largest absolute Gasteiger partial charge is 0.492 e. The maximum atomic E-state index is 6.18. The van der Waals surface area contributed by atoms with Crippen LogP contribution in [0.15, 0.2) is 10.5 Å². The molecule has 0 saturated carbocycles. The van der Waals surface area contributed by atoms with E-state index in [-0.39, 0.29) is 0 Å². The van der Waals surface area contributed by atoms with Crippen LogP contribution >= 0.6 is 27.5 Å². The van der Waals surface area contributed by atoms with Crippen molar-refractivity contribution in [3.63, 3.8) is 0 Å². The SMILES string of the molecule is CNCCc1c(Cl)cc(Br)c(OC)c1OC. The van der Waals surface area contributed by atoms with Crippen LogP contribution < -0.4 is 14.8 Å². The smallest absolute Gasteiger partial charge is 0.175 e. The fourth-order valence-electron chi connectivity index (χ4n) is 1.51. The van der Waals surface area contributed by atoms with E-state index >= 15 is 0 Å². The Kier molecular flexibility index (Phi) is 5.38. The van der Waals surface area contributed by atoms with Crippen LogP contribution in [0.2, 0.25) is 5.02 Å². The molecule has 0 aliphatic carbocycles. The van der Waals surface area contributed by atoms with E-state index in [2.05, 4.69) is 21.2 Å². The van der Waals surface area contributed by atoms with Crippen LogP contribution in [0, 0.1) is 0 Å². The summed E-state index contributed by atoms with van der Waals surface area (Å²) in [5, 5.41) is 3.76. The van der Waals surface area contributed by atoms with E-state index in [1.165, 1.54) is 0 Å². The number of hydrogen-bond acceptors (Lipinski definition) is 3. The molecule has 16 heavy (non-hydrogen) atoms. The van der Waals surface area contributed by atoms with Crippen molar-refractivity contribution < 1.29 is 9.47 Å². The minimum absolute atomic E-state index is 0.679. The third-order valence-corrected chi connectivity index (χ3v) is 3.20. The highest BCUT2D eigenvalue weighted by molar-refractivity contribution is 9.10. The Morgan fingerprint density at radius 2 is 1.94 bits per heavy atom. The lowest BCUT2D eigenvalue weighted by Crippen LogP contribution is -2.11. The van der Waals surface area contributed by atoms with Crippen LogP contribution in [-0.4, -0.2) is 27.8 Å². The minimum Gasteiger partial charge on any atom is -0.492 e. The summed E-state index contributed by atoms with van der Waals surface area (Å²) in [6, 6.07) is 1.83. The zero-order valence-corrected chi connectivity index (χ0v) is 11.9. The molecule has 0 radical (unpaired) electrons. The van der Waals surface area contributed by atoms with Crippen molar-refractivity contribution in [2.24, 2.45) is 0 Å². The number of ether oxygens (including phenoxy) is 2. The molecule has 0 aromatic heterocycles. The molecule has 3 nitrogen and oxygen atoms in total. The molecule has 5 heteroatoms. The normalized spacial score (nSPS) is 10.3. The van der Waals surface area contributed by atoms with E-state index in [9.17, 15) is 0 Å². The Labute approximate surface area is 109 Å². The van der Waals surface area contributed by atoms with Gasteiger partial charge < -0.3 is 14.8 Å². The van der Waals surface area contributed by atoms with Crippen molar-refractivity contribution >= 4 is 27.5 Å². The average molecular weight is 309 g/mol. The van der Waals surface area contributed by atoms with Gasteiger partial charge in [-0.25, -0.2) is 0 Å². The summed E-state index contributed by atoms with van der Waals surface area (Å²) >= 11 is 9.58. The highest BCUT2D eigenvalue weighted by Gasteiger charge is 2.17. The van der Waals surface area contributed by atoms with Gasteiger partial charge in [-0.2, -0.15) is 0 Å². The molecule has 1 rings (SSSR count). The fraction of sp³-hybridized carbons (Fsp3) is 0.455. The van der Waals surface area contributed by atoms with Crippen molar-refractivity contribution in [1.29, 1.82) is 0 Å². The molecule has 0 atom stereocenters. The van der Waals surface area contributed by atoms with Gasteiger partial charge in [-0.15, -0.1) is 0 Å². The number of likely N-dealkylation sites (N-methyl/N-ethyl adjacent to an activating group) is 1. The third-order valence-electron chi connectivity index (χ3n) is 2.27. The molecule has 90 valence electrons. The molecule has 0 heterocycles. The molecule has 0 fully saturated rings. The van der Waals surface area contributed by atoms with Gasteiger partial charge in [0.1, 0.15) is 0 Å². The first-order chi connectivity index (χ1) is 7.65. The van der Waals surface area contributed by atoms with Gasteiger partial charge in [0.2, 0.25) is 0 Å². The molecule has 0 bridgehead atoms. The summed E-state index contributed by atoms with van der Waals surface area (Å²) in [5.41, 5.74) is 0.957. The first-order valence-corrected chi connectivity index (χ1v) is 6.06. The van der Waals surface area contributed by atoms with Gasteiger partial charge in [-0.1, -0.05) is 11.6 Å². The predicted molar refractivity (Wildman–Crippen MR) is 69.9 cm³/mol. The molecular weight excluding hydrogens is 293 g/mol. The van der Waals surface area contributed by atoms with Crippen molar-refractivity contribution in [3.05, 3.63) is 21.1 Å². The first-order valence-electron chi connectivity index (χ1n) is 4.89. The van der Waals surface area contributed by atoms with E-state index in [1.54, 1.807) is 14.2 Å². The molecule has 1 aromatic rings. The zero-order valence-electron chi connectivity index (χ0n) is 9.56. The van der Waals surface area contributed by atoms with Gasteiger partial charge in [0.25, 0.3) is 0 Å². The lowest BCUT2D eigenvalue weighted by Gasteiger charge is -2.15. The summed E-state index contributed by atoms with van der Waals surface area (Å²) in [6.45, 7) is 0.834. The number of benzene rings is 1. The minimum atomic E-state index is 0.679. The Balaban J connectivity index is 3.22. The monoisotopic (exact) mass is 307 g/mol. The summed E-state index contributed by atoms with van der Waals surface area (Å²) in [6.07, 6.45) is 0.794. The Morgan fingerprint density at radius 3 is 2.44 bits per heavy atom. The lowest BCUT2D eigenvalue weighted by molar-refractivity contribution is 0.350. The molecular formula is C11H15BrClNO2. The van der Waals surface area contributed by atoms with E-state index in [1.807, 2.05) is 13.1 Å². The molecule has 0 amide bonds. The highest BCUT2D eigenvalue weighted by Crippen LogP contribution is 2.42. The predicted octanol–water partition coefficient (Wildman–Crippen LogP) is 2.88. The number of halogens is 2. The number of methoxy groups -OCH3 is 2. The van der Waals surface area contributed by atoms with Crippen molar-refractivity contribution in [3.8, 4) is 11.5 Å². The summed E-state index contributed by atoms with van der Waals surface area (Å²) < 4.78 is 11.4. The van der Waals surface area contributed by atoms with E-state index in [0.29, 0.717) is 16.5 Å². The summed E-state index contributed by atoms with van der Waals surface area (Å²) in [4.78, 5) is 0. The van der Waals surface area contributed by atoms with Crippen molar-refractivity contribution in [2.45, 2.75) is 6.42 Å². The first kappa shape index (κ1) is 13.6. The standard InChI is InChI=1S/C11H15BrClNO2/c1-14-5-4-7-9(13)6-8(12)11(16-3)10(7)15-2/h6,14H,4-5H2,1-3H3. The average Bonchev–Trinajstić information content (AvgIpc) is 2.27. The molecule has 0 aliphatic rings. The topological polar surface area (TPSA) is 30.5 Å². The number of hydrogen-bond donors (Lipinski definition) is 1. The van der Waals surface area contributed by atoms with E-state index < -0.39 is 0 Å². The van der Waals surface area contributed by atoms with E-state index in [4.69, 9.17) is 21.1 Å². The highest BCUT2D eigenvalue weighted by atomic mass is 79.9. The van der Waals surface area contributed by atoms with Gasteiger partial charge in [0.05, 0.1) is 18.7 Å². The van der Waals surface area contributed by atoms with Gasteiger partial charge in [-0.05, 0) is 42.0 Å². The molecule has 0 aliphatic heterocycles. The fourth-order valence-corrected chi connectivity index (χ4v) is 2.50. The van der Waals surface area contributed by atoms with E-state index in [0.717, 1.165) is 23.0 Å². The second-order valence-corrected chi connectivity index (χ2v) is 4.50. The Morgan fingerprint density at radius 1 is 1.31 bits per heavy atom. The molecule has 0 saturated heterocycles. The number of nitrogens with one attached hydrogen (secondary N) is 1. The molecule has 1 aromatic carbocycles. The maximum Gasteiger partial charge on any atom is 0.175 e. The van der Waals surface area contributed by atoms with Gasteiger partial charge in [0, 0.05) is 10.6 Å². The Bertz CT molecular complexity index is 371. The number of rotatable bonds is 5. The molecule has 0 unspecified atom stereocenters. The van der Waals surface area contributed by atoms with Crippen LogP contribution in [-0.2, 0) is 6.42 Å². The second-order valence-electron chi connectivity index (χ2n) is 3.24. The second kappa shape index (κ2) is 6.33. The van der Waals surface area contributed by atoms with Gasteiger partial charge in [-0.3, -0.25) is 0 Å². The zero-order chi connectivity index (χ0) is 12.1.